The van der Waals surface area contributed by atoms with E-state index in [1.54, 1.807) is 24.5 Å². The number of aromatic hydroxyl groups is 1. The molecule has 0 amide bonds. The van der Waals surface area contributed by atoms with E-state index in [0.717, 1.165) is 11.1 Å². The molecule has 1 aromatic carbocycles. The van der Waals surface area contributed by atoms with Crippen LogP contribution in [-0.4, -0.2) is 45.2 Å². The number of nitrogens with one attached hydrogen (secondary N) is 1. The van der Waals surface area contributed by atoms with Crippen LogP contribution < -0.4 is 0 Å². The first-order valence-electron chi connectivity index (χ1n) is 6.94. The first-order valence-corrected chi connectivity index (χ1v) is 6.94. The summed E-state index contributed by atoms with van der Waals surface area (Å²) in [5.41, 5.74) is 2.68. The predicted octanol–water partition coefficient (Wildman–Crippen LogP) is 1.91. The minimum Gasteiger partial charge on any atom is -0.507 e. The van der Waals surface area contributed by atoms with Crippen LogP contribution >= 0.6 is 12.4 Å². The molecule has 3 aromatic heterocycles. The van der Waals surface area contributed by atoms with E-state index in [2.05, 4.69) is 40.1 Å². The highest BCUT2D eigenvalue weighted by atomic mass is 35.5. The fraction of sp³-hybridized carbons (Fsp3) is 0. The van der Waals surface area contributed by atoms with Crippen molar-refractivity contribution in [2.45, 2.75) is 0 Å². The quantitative estimate of drug-likeness (QED) is 0.571. The van der Waals surface area contributed by atoms with Gasteiger partial charge in [-0.3, -0.25) is 5.10 Å². The first kappa shape index (κ1) is 16.4. The van der Waals surface area contributed by atoms with Crippen LogP contribution in [0.15, 0.2) is 49.8 Å². The molecule has 0 bridgehead atoms. The van der Waals surface area contributed by atoms with Crippen molar-refractivity contribution in [2.24, 2.45) is 0 Å². The van der Waals surface area contributed by atoms with Crippen LogP contribution in [0.25, 0.3) is 33.9 Å². The zero-order valence-corrected chi connectivity index (χ0v) is 13.4. The Balaban J connectivity index is 0.00000182. The number of aromatic nitrogens is 8. The van der Waals surface area contributed by atoms with Gasteiger partial charge in [0, 0.05) is 17.3 Å². The van der Waals surface area contributed by atoms with Crippen LogP contribution in [-0.2, 0) is 0 Å². The maximum Gasteiger partial charge on any atom is 0.166 e. The van der Waals surface area contributed by atoms with E-state index in [0.29, 0.717) is 22.8 Å². The highest BCUT2D eigenvalue weighted by Crippen LogP contribution is 2.38. The second kappa shape index (κ2) is 6.97. The third kappa shape index (κ3) is 3.12. The van der Waals surface area contributed by atoms with Crippen LogP contribution in [0.3, 0.4) is 0 Å². The van der Waals surface area contributed by atoms with Gasteiger partial charge in [0.25, 0.3) is 0 Å². The second-order valence-electron chi connectivity index (χ2n) is 4.83. The van der Waals surface area contributed by atoms with E-state index in [-0.39, 0.29) is 18.2 Å². The Morgan fingerprint density at radius 2 is 1.36 bits per heavy atom. The predicted molar refractivity (Wildman–Crippen MR) is 90.6 cm³/mol. The lowest BCUT2D eigenvalue weighted by Crippen LogP contribution is -1.95. The van der Waals surface area contributed by atoms with Gasteiger partial charge in [-0.1, -0.05) is 0 Å². The summed E-state index contributed by atoms with van der Waals surface area (Å²) >= 11 is 0. The maximum atomic E-state index is 10.4. The fourth-order valence-corrected chi connectivity index (χ4v) is 2.35. The molecule has 0 unspecified atom stereocenters. The third-order valence-corrected chi connectivity index (χ3v) is 3.41. The number of rotatable bonds is 3. The number of benzene rings is 1. The summed E-state index contributed by atoms with van der Waals surface area (Å²) in [6, 6.07) is 3.35. The Morgan fingerprint density at radius 1 is 0.760 bits per heavy atom. The van der Waals surface area contributed by atoms with Crippen molar-refractivity contribution >= 4 is 12.4 Å². The summed E-state index contributed by atoms with van der Waals surface area (Å²) in [7, 11) is 0. The SMILES string of the molecule is Cl.Oc1cc(-c2cn[nH]c2)c(-c2ncncn2)cc1-c1ncncn1. The molecular formula is C15H11ClN8O. The number of phenolic OH excluding ortho intramolecular Hbond substituents is 1. The summed E-state index contributed by atoms with van der Waals surface area (Å²) in [6.45, 7) is 0. The lowest BCUT2D eigenvalue weighted by atomic mass is 9.98. The number of phenols is 1. The normalized spacial score (nSPS) is 10.2. The van der Waals surface area contributed by atoms with Crippen LogP contribution in [0.1, 0.15) is 0 Å². The van der Waals surface area contributed by atoms with Crippen molar-refractivity contribution in [3.05, 3.63) is 49.8 Å². The minimum atomic E-state index is 0. The summed E-state index contributed by atoms with van der Waals surface area (Å²) in [6.07, 6.45) is 8.95. The Labute approximate surface area is 147 Å². The van der Waals surface area contributed by atoms with E-state index in [9.17, 15) is 5.11 Å². The Bertz CT molecular complexity index is 964. The largest absolute Gasteiger partial charge is 0.507 e. The molecule has 10 heteroatoms. The molecule has 0 saturated heterocycles. The lowest BCUT2D eigenvalue weighted by molar-refractivity contribution is 0.477. The summed E-state index contributed by atoms with van der Waals surface area (Å²) < 4.78 is 0. The molecule has 25 heavy (non-hydrogen) atoms. The standard InChI is InChI=1S/C15H10N8O.ClH/c24-13-2-10(9-3-22-23-4-9)11(14-18-5-16-6-19-14)1-12(13)15-20-7-17-8-21-15;/h1-8,24H,(H,22,23);1H. The van der Waals surface area contributed by atoms with Gasteiger partial charge in [-0.15, -0.1) is 12.4 Å². The number of hydrogen-bond donors (Lipinski definition) is 2. The highest BCUT2D eigenvalue weighted by molar-refractivity contribution is 5.86. The molecule has 0 radical (unpaired) electrons. The molecule has 0 atom stereocenters. The van der Waals surface area contributed by atoms with Gasteiger partial charge in [-0.05, 0) is 17.7 Å². The average molecular weight is 355 g/mol. The van der Waals surface area contributed by atoms with Crippen molar-refractivity contribution in [2.75, 3.05) is 0 Å². The lowest BCUT2D eigenvalue weighted by Gasteiger charge is -2.11. The number of aromatic amines is 1. The highest BCUT2D eigenvalue weighted by Gasteiger charge is 2.17. The van der Waals surface area contributed by atoms with Crippen LogP contribution in [0.2, 0.25) is 0 Å². The molecule has 0 aliphatic rings. The molecule has 0 spiro atoms. The topological polar surface area (TPSA) is 126 Å². The van der Waals surface area contributed by atoms with E-state index in [1.807, 2.05) is 0 Å². The summed E-state index contributed by atoms with van der Waals surface area (Å²) in [5.74, 6) is 0.864. The van der Waals surface area contributed by atoms with Gasteiger partial charge in [0.05, 0.1) is 11.8 Å². The molecule has 9 nitrogen and oxygen atoms in total. The molecule has 0 fully saturated rings. The maximum absolute atomic E-state index is 10.4. The Kier molecular flexibility index (Phi) is 4.57. The van der Waals surface area contributed by atoms with Gasteiger partial charge in [0.1, 0.15) is 31.1 Å². The van der Waals surface area contributed by atoms with Gasteiger partial charge in [0.2, 0.25) is 0 Å². The second-order valence-corrected chi connectivity index (χ2v) is 4.83. The molecule has 0 saturated carbocycles. The van der Waals surface area contributed by atoms with Crippen molar-refractivity contribution < 1.29 is 5.11 Å². The number of H-pyrrole nitrogens is 1. The van der Waals surface area contributed by atoms with Gasteiger partial charge in [-0.2, -0.15) is 5.10 Å². The molecule has 2 N–H and O–H groups in total. The van der Waals surface area contributed by atoms with Crippen molar-refractivity contribution in [1.29, 1.82) is 0 Å². The Hall–Kier alpha value is -3.46. The molecule has 3 heterocycles. The number of hydrogen-bond acceptors (Lipinski definition) is 8. The van der Waals surface area contributed by atoms with E-state index in [4.69, 9.17) is 0 Å². The Morgan fingerprint density at radius 3 is 1.92 bits per heavy atom. The fourth-order valence-electron chi connectivity index (χ4n) is 2.35. The number of nitrogens with zero attached hydrogens (tertiary/aromatic N) is 7. The van der Waals surface area contributed by atoms with Crippen molar-refractivity contribution in [3.63, 3.8) is 0 Å². The molecule has 0 aliphatic carbocycles. The summed E-state index contributed by atoms with van der Waals surface area (Å²) in [4.78, 5) is 24.2. The van der Waals surface area contributed by atoms with Gasteiger partial charge in [-0.25, -0.2) is 29.9 Å². The van der Waals surface area contributed by atoms with Crippen molar-refractivity contribution in [1.82, 2.24) is 40.1 Å². The zero-order valence-electron chi connectivity index (χ0n) is 12.6. The van der Waals surface area contributed by atoms with Crippen LogP contribution in [0.4, 0.5) is 0 Å². The molecular weight excluding hydrogens is 344 g/mol. The zero-order chi connectivity index (χ0) is 16.4. The van der Waals surface area contributed by atoms with E-state index < -0.39 is 0 Å². The van der Waals surface area contributed by atoms with E-state index >= 15 is 0 Å². The van der Waals surface area contributed by atoms with Gasteiger partial charge < -0.3 is 5.11 Å². The number of halogens is 1. The molecule has 0 aliphatic heterocycles. The summed E-state index contributed by atoms with van der Waals surface area (Å²) in [5, 5.41) is 17.1. The van der Waals surface area contributed by atoms with Crippen LogP contribution in [0, 0.1) is 0 Å². The molecule has 4 rings (SSSR count). The average Bonchev–Trinajstić information content (AvgIpc) is 3.17. The smallest absolute Gasteiger partial charge is 0.166 e. The molecule has 124 valence electrons. The van der Waals surface area contributed by atoms with E-state index in [1.165, 1.54) is 25.3 Å². The molecule has 4 aromatic rings. The van der Waals surface area contributed by atoms with Crippen molar-refractivity contribution in [3.8, 4) is 39.7 Å². The van der Waals surface area contributed by atoms with Gasteiger partial charge in [0.15, 0.2) is 11.6 Å². The third-order valence-electron chi connectivity index (χ3n) is 3.41. The minimum absolute atomic E-state index is 0. The first-order chi connectivity index (χ1) is 11.8. The van der Waals surface area contributed by atoms with Crippen LogP contribution in [0.5, 0.6) is 5.75 Å². The monoisotopic (exact) mass is 354 g/mol. The van der Waals surface area contributed by atoms with Gasteiger partial charge >= 0.3 is 0 Å².